The number of ether oxygens (including phenoxy) is 1. The Bertz CT molecular complexity index is 1020. The lowest BCUT2D eigenvalue weighted by atomic mass is 10.2. The fraction of sp³-hybridized carbons (Fsp3) is 0.100. The normalized spacial score (nSPS) is 11.2. The summed E-state index contributed by atoms with van der Waals surface area (Å²) in [7, 11) is 0. The van der Waals surface area contributed by atoms with Crippen molar-refractivity contribution in [3.05, 3.63) is 83.3 Å². The predicted molar refractivity (Wildman–Crippen MR) is 97.7 cm³/mol. The van der Waals surface area contributed by atoms with Gasteiger partial charge in [-0.1, -0.05) is 18.2 Å². The van der Waals surface area contributed by atoms with Crippen LogP contribution in [0.15, 0.2) is 60.8 Å². The third-order valence-electron chi connectivity index (χ3n) is 3.96. The summed E-state index contributed by atoms with van der Waals surface area (Å²) in [5.41, 5.74) is 5.18. The molecule has 0 saturated carbocycles. The molecule has 1 aromatic heterocycles. The lowest BCUT2D eigenvalue weighted by molar-refractivity contribution is -0.140. The number of nitrogens with one attached hydrogen (secondary N) is 1. The second-order valence-corrected chi connectivity index (χ2v) is 5.98. The van der Waals surface area contributed by atoms with E-state index in [1.54, 1.807) is 18.2 Å². The molecule has 0 aliphatic heterocycles. The number of anilines is 1. The number of carbonyl (C=O) groups excluding carboxylic acids is 1. The number of hydrogen-bond donors (Lipinski definition) is 2. The highest BCUT2D eigenvalue weighted by molar-refractivity contribution is 5.98. The molecule has 0 bridgehead atoms. The van der Waals surface area contributed by atoms with Crippen molar-refractivity contribution in [1.82, 2.24) is 10.3 Å². The van der Waals surface area contributed by atoms with Crippen molar-refractivity contribution in [2.24, 2.45) is 0 Å². The molecule has 2 aromatic carbocycles. The zero-order chi connectivity index (χ0) is 21.0. The Hall–Kier alpha value is -3.62. The minimum atomic E-state index is -4.82. The third-order valence-corrected chi connectivity index (χ3v) is 3.96. The van der Waals surface area contributed by atoms with Crippen LogP contribution in [0.5, 0.6) is 11.5 Å². The smallest absolute Gasteiger partial charge is 0.419 e. The van der Waals surface area contributed by atoms with Gasteiger partial charge in [-0.05, 0) is 42.0 Å². The molecule has 5 nitrogen and oxygen atoms in total. The van der Waals surface area contributed by atoms with Crippen LogP contribution < -0.4 is 15.8 Å². The van der Waals surface area contributed by atoms with E-state index in [1.165, 1.54) is 24.4 Å². The Morgan fingerprint density at radius 1 is 1.07 bits per heavy atom. The van der Waals surface area contributed by atoms with E-state index in [1.807, 2.05) is 0 Å². The minimum absolute atomic E-state index is 0.108. The average molecular weight is 405 g/mol. The number of nitrogens with zero attached hydrogens (tertiary/aromatic N) is 1. The van der Waals surface area contributed by atoms with Gasteiger partial charge >= 0.3 is 6.18 Å². The van der Waals surface area contributed by atoms with Gasteiger partial charge < -0.3 is 15.8 Å². The topological polar surface area (TPSA) is 77.2 Å². The maximum absolute atomic E-state index is 14.0. The predicted octanol–water partition coefficient (Wildman–Crippen LogP) is 4.54. The van der Waals surface area contributed by atoms with Gasteiger partial charge in [0.05, 0.1) is 11.1 Å². The summed E-state index contributed by atoms with van der Waals surface area (Å²) in [4.78, 5) is 15.9. The molecular weight excluding hydrogens is 390 g/mol. The maximum Gasteiger partial charge on any atom is 0.419 e. The van der Waals surface area contributed by atoms with Crippen molar-refractivity contribution in [2.75, 3.05) is 5.73 Å². The van der Waals surface area contributed by atoms with Gasteiger partial charge in [0, 0.05) is 12.7 Å². The second kappa shape index (κ2) is 8.17. The van der Waals surface area contributed by atoms with Crippen LogP contribution in [0.4, 0.5) is 23.4 Å². The Morgan fingerprint density at radius 2 is 1.79 bits per heavy atom. The first-order valence-electron chi connectivity index (χ1n) is 8.37. The Kier molecular flexibility index (Phi) is 5.67. The molecule has 3 N–H and O–H groups in total. The first-order chi connectivity index (χ1) is 13.8. The summed E-state index contributed by atoms with van der Waals surface area (Å²) in [5, 5.41) is 2.67. The van der Waals surface area contributed by atoms with E-state index >= 15 is 0 Å². The van der Waals surface area contributed by atoms with Crippen LogP contribution in [0.2, 0.25) is 0 Å². The van der Waals surface area contributed by atoms with Crippen molar-refractivity contribution in [3.63, 3.8) is 0 Å². The van der Waals surface area contributed by atoms with Crippen LogP contribution in [-0.4, -0.2) is 10.9 Å². The quantitative estimate of drug-likeness (QED) is 0.611. The SMILES string of the molecule is Nc1ncccc1C(=O)NCc1ccc(Oc2cccc(C(F)(F)F)c2F)cc1. The molecule has 0 aliphatic rings. The molecule has 0 atom stereocenters. The molecule has 1 heterocycles. The van der Waals surface area contributed by atoms with E-state index in [0.717, 1.165) is 12.1 Å². The first kappa shape index (κ1) is 20.1. The third kappa shape index (κ3) is 4.81. The molecule has 1 amide bonds. The van der Waals surface area contributed by atoms with Gasteiger partial charge in [-0.25, -0.2) is 9.37 Å². The first-order valence-corrected chi connectivity index (χ1v) is 8.37. The number of carbonyl (C=O) groups is 1. The summed E-state index contributed by atoms with van der Waals surface area (Å²) in [5.74, 6) is -2.16. The van der Waals surface area contributed by atoms with Crippen molar-refractivity contribution in [1.29, 1.82) is 0 Å². The number of aromatic nitrogens is 1. The van der Waals surface area contributed by atoms with Crippen LogP contribution in [-0.2, 0) is 12.7 Å². The largest absolute Gasteiger partial charge is 0.454 e. The van der Waals surface area contributed by atoms with Crippen LogP contribution in [0.3, 0.4) is 0 Å². The molecule has 0 fully saturated rings. The van der Waals surface area contributed by atoms with Crippen LogP contribution in [0.25, 0.3) is 0 Å². The van der Waals surface area contributed by atoms with E-state index in [0.29, 0.717) is 11.6 Å². The molecule has 9 heteroatoms. The molecule has 3 aromatic rings. The number of nitrogens with two attached hydrogens (primary N) is 1. The summed E-state index contributed by atoms with van der Waals surface area (Å²) < 4.78 is 57.6. The van der Waals surface area contributed by atoms with Gasteiger partial charge in [-0.2, -0.15) is 13.2 Å². The molecule has 150 valence electrons. The number of pyridine rings is 1. The molecule has 0 spiro atoms. The zero-order valence-electron chi connectivity index (χ0n) is 14.8. The van der Waals surface area contributed by atoms with Gasteiger partial charge in [0.15, 0.2) is 11.6 Å². The minimum Gasteiger partial charge on any atom is -0.454 e. The monoisotopic (exact) mass is 405 g/mol. The number of amides is 1. The van der Waals surface area contributed by atoms with Gasteiger partial charge in [0.2, 0.25) is 0 Å². The van der Waals surface area contributed by atoms with E-state index in [-0.39, 0.29) is 23.7 Å². The molecule has 0 radical (unpaired) electrons. The standard InChI is InChI=1S/C20H15F4N3O2/c21-17-15(20(22,23)24)4-1-5-16(17)29-13-8-6-12(7-9-13)11-27-19(28)14-3-2-10-26-18(14)25/h1-10H,11H2,(H2,25,26)(H,27,28). The van der Waals surface area contributed by atoms with Crippen LogP contribution in [0.1, 0.15) is 21.5 Å². The average Bonchev–Trinajstić information content (AvgIpc) is 2.68. The van der Waals surface area contributed by atoms with E-state index in [4.69, 9.17) is 10.5 Å². The summed E-state index contributed by atoms with van der Waals surface area (Å²) in [6.45, 7) is 0.172. The second-order valence-electron chi connectivity index (χ2n) is 5.98. The van der Waals surface area contributed by atoms with Gasteiger partial charge in [0.1, 0.15) is 11.6 Å². The maximum atomic E-state index is 14.0. The van der Waals surface area contributed by atoms with Crippen molar-refractivity contribution in [3.8, 4) is 11.5 Å². The lowest BCUT2D eigenvalue weighted by Crippen LogP contribution is -2.24. The Labute approximate surface area is 163 Å². The van der Waals surface area contributed by atoms with Crippen LogP contribution in [0, 0.1) is 5.82 Å². The highest BCUT2D eigenvalue weighted by Gasteiger charge is 2.35. The summed E-state index contributed by atoms with van der Waals surface area (Å²) >= 11 is 0. The van der Waals surface area contributed by atoms with Gasteiger partial charge in [0.25, 0.3) is 5.91 Å². The van der Waals surface area contributed by atoms with Gasteiger partial charge in [-0.15, -0.1) is 0 Å². The lowest BCUT2D eigenvalue weighted by Gasteiger charge is -2.12. The van der Waals surface area contributed by atoms with Crippen LogP contribution >= 0.6 is 0 Å². The van der Waals surface area contributed by atoms with E-state index in [9.17, 15) is 22.4 Å². The number of rotatable bonds is 5. The molecule has 0 saturated heterocycles. The molecular formula is C20H15F4N3O2. The van der Waals surface area contributed by atoms with Crippen molar-refractivity contribution < 1.29 is 27.1 Å². The van der Waals surface area contributed by atoms with Crippen molar-refractivity contribution in [2.45, 2.75) is 12.7 Å². The number of alkyl halides is 3. The van der Waals surface area contributed by atoms with Crippen molar-refractivity contribution >= 4 is 11.7 Å². The fourth-order valence-electron chi connectivity index (χ4n) is 2.50. The van der Waals surface area contributed by atoms with Gasteiger partial charge in [-0.3, -0.25) is 4.79 Å². The molecule has 0 aliphatic carbocycles. The summed E-state index contributed by atoms with van der Waals surface area (Å²) in [6, 6.07) is 12.0. The molecule has 3 rings (SSSR count). The number of nitrogen functional groups attached to an aromatic ring is 1. The Balaban J connectivity index is 1.65. The Morgan fingerprint density at radius 3 is 2.45 bits per heavy atom. The summed E-state index contributed by atoms with van der Waals surface area (Å²) in [6.07, 6.45) is -3.35. The number of benzene rings is 2. The highest BCUT2D eigenvalue weighted by atomic mass is 19.4. The number of halogens is 4. The molecule has 29 heavy (non-hydrogen) atoms. The fourth-order valence-corrected chi connectivity index (χ4v) is 2.50. The number of hydrogen-bond acceptors (Lipinski definition) is 4. The van der Waals surface area contributed by atoms with E-state index < -0.39 is 29.2 Å². The zero-order valence-corrected chi connectivity index (χ0v) is 14.8. The molecule has 0 unspecified atom stereocenters. The highest BCUT2D eigenvalue weighted by Crippen LogP contribution is 2.36. The van der Waals surface area contributed by atoms with E-state index in [2.05, 4.69) is 10.3 Å².